The van der Waals surface area contributed by atoms with Gasteiger partial charge in [-0.1, -0.05) is 0 Å². The number of carbonyl (C=O) groups is 1. The summed E-state index contributed by atoms with van der Waals surface area (Å²) in [7, 11) is 1.83. The lowest BCUT2D eigenvalue weighted by atomic mass is 10.2. The number of carboxylic acid groups (broad SMARTS) is 1. The van der Waals surface area contributed by atoms with Gasteiger partial charge >= 0.3 is 5.97 Å². The number of anilines is 2. The van der Waals surface area contributed by atoms with Gasteiger partial charge in [0.2, 0.25) is 0 Å². The van der Waals surface area contributed by atoms with E-state index in [1.807, 2.05) is 24.9 Å². The van der Waals surface area contributed by atoms with Crippen LogP contribution in [0.5, 0.6) is 0 Å². The molecule has 0 aromatic carbocycles. The second-order valence-corrected chi connectivity index (χ2v) is 4.29. The summed E-state index contributed by atoms with van der Waals surface area (Å²) in [6.07, 6.45) is 2.98. The Morgan fingerprint density at radius 2 is 2.32 bits per heavy atom. The van der Waals surface area contributed by atoms with Crippen LogP contribution in [0.25, 0.3) is 0 Å². The van der Waals surface area contributed by atoms with Crippen LogP contribution in [0.2, 0.25) is 0 Å². The lowest BCUT2D eigenvalue weighted by molar-refractivity contribution is 0.0698. The van der Waals surface area contributed by atoms with Crippen molar-refractivity contribution in [2.75, 3.05) is 17.7 Å². The van der Waals surface area contributed by atoms with Gasteiger partial charge in [0.1, 0.15) is 11.6 Å². The van der Waals surface area contributed by atoms with E-state index in [2.05, 4.69) is 4.98 Å². The molecule has 2 aromatic heterocycles. The van der Waals surface area contributed by atoms with Crippen LogP contribution in [-0.2, 0) is 6.54 Å². The molecular formula is C13H15N3O3. The number of pyridine rings is 1. The Balaban J connectivity index is 2.24. The lowest BCUT2D eigenvalue weighted by Gasteiger charge is -2.18. The molecule has 3 N–H and O–H groups in total. The van der Waals surface area contributed by atoms with Crippen molar-refractivity contribution in [2.24, 2.45) is 0 Å². The number of hydrogen-bond donors (Lipinski definition) is 2. The van der Waals surface area contributed by atoms with Gasteiger partial charge in [-0.2, -0.15) is 0 Å². The van der Waals surface area contributed by atoms with Gasteiger partial charge in [-0.25, -0.2) is 9.78 Å². The molecule has 6 heteroatoms. The number of nitrogens with zero attached hydrogens (tertiary/aromatic N) is 2. The predicted molar refractivity (Wildman–Crippen MR) is 71.2 cm³/mol. The summed E-state index contributed by atoms with van der Waals surface area (Å²) in [6, 6.07) is 3.34. The SMILES string of the molecule is Cc1occc1CN(C)c1cc(C(=O)O)c(N)cn1. The van der Waals surface area contributed by atoms with Gasteiger partial charge < -0.3 is 20.2 Å². The summed E-state index contributed by atoms with van der Waals surface area (Å²) in [4.78, 5) is 17.0. The fourth-order valence-corrected chi connectivity index (χ4v) is 1.76. The molecular weight excluding hydrogens is 246 g/mol. The average molecular weight is 261 g/mol. The zero-order valence-electron chi connectivity index (χ0n) is 10.8. The van der Waals surface area contributed by atoms with Crippen LogP contribution in [0, 0.1) is 6.92 Å². The highest BCUT2D eigenvalue weighted by atomic mass is 16.4. The fourth-order valence-electron chi connectivity index (χ4n) is 1.76. The molecule has 19 heavy (non-hydrogen) atoms. The molecule has 0 spiro atoms. The van der Waals surface area contributed by atoms with Gasteiger partial charge in [0.05, 0.1) is 23.7 Å². The van der Waals surface area contributed by atoms with Crippen LogP contribution in [0.3, 0.4) is 0 Å². The van der Waals surface area contributed by atoms with E-state index in [1.54, 1.807) is 6.26 Å². The number of nitrogens with two attached hydrogens (primary N) is 1. The molecule has 2 rings (SSSR count). The third-order valence-electron chi connectivity index (χ3n) is 2.92. The molecule has 0 atom stereocenters. The van der Waals surface area contributed by atoms with Crippen LogP contribution in [0.1, 0.15) is 21.7 Å². The number of rotatable bonds is 4. The van der Waals surface area contributed by atoms with Gasteiger partial charge in [0.25, 0.3) is 0 Å². The quantitative estimate of drug-likeness (QED) is 0.873. The normalized spacial score (nSPS) is 10.4. The minimum absolute atomic E-state index is 0.0563. The molecule has 0 radical (unpaired) electrons. The van der Waals surface area contributed by atoms with Gasteiger partial charge in [0.15, 0.2) is 0 Å². The number of hydrogen-bond acceptors (Lipinski definition) is 5. The van der Waals surface area contributed by atoms with Crippen LogP contribution >= 0.6 is 0 Å². The number of aromatic carboxylic acids is 1. The standard InChI is InChI=1S/C13H15N3O3/c1-8-9(3-4-19-8)7-16(2)12-5-10(13(17)18)11(14)6-15-12/h3-6H,7,14H2,1-2H3,(H,17,18). The first-order chi connectivity index (χ1) is 8.99. The lowest BCUT2D eigenvalue weighted by Crippen LogP contribution is -2.19. The summed E-state index contributed by atoms with van der Waals surface area (Å²) in [5, 5.41) is 9.03. The molecule has 0 saturated heterocycles. The smallest absolute Gasteiger partial charge is 0.337 e. The summed E-state index contributed by atoms with van der Waals surface area (Å²) >= 11 is 0. The van der Waals surface area contributed by atoms with E-state index in [9.17, 15) is 4.79 Å². The molecule has 6 nitrogen and oxygen atoms in total. The van der Waals surface area contributed by atoms with Crippen LogP contribution < -0.4 is 10.6 Å². The summed E-state index contributed by atoms with van der Waals surface area (Å²) < 4.78 is 5.22. The number of carboxylic acids is 1. The topological polar surface area (TPSA) is 92.6 Å². The molecule has 2 heterocycles. The number of aromatic nitrogens is 1. The first-order valence-electron chi connectivity index (χ1n) is 5.72. The summed E-state index contributed by atoms with van der Waals surface area (Å²) in [6.45, 7) is 2.46. The van der Waals surface area contributed by atoms with Crippen LogP contribution in [-0.4, -0.2) is 23.1 Å². The molecule has 0 unspecified atom stereocenters. The van der Waals surface area contributed by atoms with Crippen molar-refractivity contribution in [3.05, 3.63) is 41.5 Å². The Labute approximate surface area is 110 Å². The molecule has 0 aliphatic rings. The highest BCUT2D eigenvalue weighted by Gasteiger charge is 2.13. The van der Waals surface area contributed by atoms with Crippen LogP contribution in [0.4, 0.5) is 11.5 Å². The van der Waals surface area contributed by atoms with Crippen molar-refractivity contribution in [1.82, 2.24) is 4.98 Å². The fraction of sp³-hybridized carbons (Fsp3) is 0.231. The second-order valence-electron chi connectivity index (χ2n) is 4.29. The first kappa shape index (κ1) is 12.9. The van der Waals surface area contributed by atoms with E-state index < -0.39 is 5.97 Å². The van der Waals surface area contributed by atoms with Crippen molar-refractivity contribution >= 4 is 17.5 Å². The molecule has 0 bridgehead atoms. The molecule has 0 aliphatic heterocycles. The van der Waals surface area contributed by atoms with E-state index in [1.165, 1.54) is 12.3 Å². The Hall–Kier alpha value is -2.50. The Kier molecular flexibility index (Phi) is 3.41. The van der Waals surface area contributed by atoms with Gasteiger partial charge in [-0.15, -0.1) is 0 Å². The van der Waals surface area contributed by atoms with E-state index in [-0.39, 0.29) is 11.3 Å². The largest absolute Gasteiger partial charge is 0.478 e. The zero-order chi connectivity index (χ0) is 14.0. The van der Waals surface area contributed by atoms with E-state index in [0.717, 1.165) is 11.3 Å². The Morgan fingerprint density at radius 1 is 1.58 bits per heavy atom. The van der Waals surface area contributed by atoms with Crippen molar-refractivity contribution in [1.29, 1.82) is 0 Å². The number of aryl methyl sites for hydroxylation is 1. The zero-order valence-corrected chi connectivity index (χ0v) is 10.8. The molecule has 0 amide bonds. The van der Waals surface area contributed by atoms with Crippen molar-refractivity contribution < 1.29 is 14.3 Å². The predicted octanol–water partition coefficient (Wildman–Crippen LogP) is 1.90. The molecule has 0 aliphatic carbocycles. The van der Waals surface area contributed by atoms with Gasteiger partial charge in [0, 0.05) is 19.2 Å². The first-order valence-corrected chi connectivity index (χ1v) is 5.72. The number of furan rings is 1. The van der Waals surface area contributed by atoms with Crippen molar-refractivity contribution in [3.63, 3.8) is 0 Å². The van der Waals surface area contributed by atoms with Crippen molar-refractivity contribution in [3.8, 4) is 0 Å². The maximum Gasteiger partial charge on any atom is 0.337 e. The molecule has 0 saturated carbocycles. The molecule has 2 aromatic rings. The minimum atomic E-state index is -1.06. The van der Waals surface area contributed by atoms with Crippen LogP contribution in [0.15, 0.2) is 29.0 Å². The maximum absolute atomic E-state index is 11.0. The van der Waals surface area contributed by atoms with Gasteiger partial charge in [-0.3, -0.25) is 0 Å². The highest BCUT2D eigenvalue weighted by Crippen LogP contribution is 2.20. The van der Waals surface area contributed by atoms with E-state index in [4.69, 9.17) is 15.3 Å². The third-order valence-corrected chi connectivity index (χ3v) is 2.92. The molecule has 0 fully saturated rings. The van der Waals surface area contributed by atoms with Gasteiger partial charge in [-0.05, 0) is 19.1 Å². The molecule has 100 valence electrons. The van der Waals surface area contributed by atoms with Crippen molar-refractivity contribution in [2.45, 2.75) is 13.5 Å². The minimum Gasteiger partial charge on any atom is -0.478 e. The number of nitrogen functional groups attached to an aromatic ring is 1. The van der Waals surface area contributed by atoms with E-state index in [0.29, 0.717) is 12.4 Å². The second kappa shape index (κ2) is 5.01. The highest BCUT2D eigenvalue weighted by molar-refractivity contribution is 5.94. The monoisotopic (exact) mass is 261 g/mol. The third kappa shape index (κ3) is 2.67. The Bertz CT molecular complexity index is 607. The summed E-state index contributed by atoms with van der Waals surface area (Å²) in [5.74, 6) is 0.321. The van der Waals surface area contributed by atoms with E-state index >= 15 is 0 Å². The summed E-state index contributed by atoms with van der Waals surface area (Å²) in [5.41, 5.74) is 6.81. The maximum atomic E-state index is 11.0. The average Bonchev–Trinajstić information content (AvgIpc) is 2.75. The Morgan fingerprint density at radius 3 is 2.89 bits per heavy atom.